The van der Waals surface area contributed by atoms with Gasteiger partial charge in [0.05, 0.1) is 24.3 Å². The number of benzene rings is 2. The van der Waals surface area contributed by atoms with Crippen LogP contribution in [0.1, 0.15) is 72.3 Å². The van der Waals surface area contributed by atoms with Gasteiger partial charge in [0.2, 0.25) is 5.91 Å². The van der Waals surface area contributed by atoms with Gasteiger partial charge < -0.3 is 19.1 Å². The second kappa shape index (κ2) is 11.4. The largest absolute Gasteiger partial charge is 0.465 e. The van der Waals surface area contributed by atoms with Gasteiger partial charge in [-0.05, 0) is 80.8 Å². The highest BCUT2D eigenvalue weighted by Gasteiger charge is 2.34. The van der Waals surface area contributed by atoms with Gasteiger partial charge >= 0.3 is 5.97 Å². The number of nitrogens with zero attached hydrogens (tertiary/aromatic N) is 3. The summed E-state index contributed by atoms with van der Waals surface area (Å²) in [5.41, 5.74) is 6.76. The number of esters is 1. The maximum atomic E-state index is 14.1. The molecule has 212 valence electrons. The molecule has 2 aliphatic heterocycles. The first-order valence-electron chi connectivity index (χ1n) is 15.2. The molecule has 1 saturated carbocycles. The van der Waals surface area contributed by atoms with Crippen LogP contribution in [0.5, 0.6) is 0 Å². The van der Waals surface area contributed by atoms with E-state index in [0.717, 1.165) is 31.6 Å². The Labute approximate surface area is 238 Å². The lowest BCUT2D eigenvalue weighted by molar-refractivity contribution is -0.135. The van der Waals surface area contributed by atoms with Crippen molar-refractivity contribution < 1.29 is 14.3 Å². The van der Waals surface area contributed by atoms with Gasteiger partial charge in [0.15, 0.2) is 0 Å². The molecule has 2 unspecified atom stereocenters. The molecular formula is C34H43N3O3. The van der Waals surface area contributed by atoms with Gasteiger partial charge in [-0.25, -0.2) is 4.79 Å². The molecule has 0 radical (unpaired) electrons. The number of carbonyl (C=O) groups is 2. The summed E-state index contributed by atoms with van der Waals surface area (Å²) in [4.78, 5) is 31.1. The van der Waals surface area contributed by atoms with Crippen molar-refractivity contribution in [1.29, 1.82) is 0 Å². The number of carbonyl (C=O) groups excluding carboxylic acids is 2. The monoisotopic (exact) mass is 541 g/mol. The van der Waals surface area contributed by atoms with E-state index in [2.05, 4.69) is 46.8 Å². The summed E-state index contributed by atoms with van der Waals surface area (Å²) in [7, 11) is 5.61. The first-order chi connectivity index (χ1) is 19.4. The summed E-state index contributed by atoms with van der Waals surface area (Å²) < 4.78 is 7.47. The van der Waals surface area contributed by atoms with Crippen LogP contribution in [0.4, 0.5) is 0 Å². The molecule has 2 fully saturated rings. The first-order valence-corrected chi connectivity index (χ1v) is 15.2. The normalized spacial score (nSPS) is 21.9. The molecule has 3 heterocycles. The fraction of sp³-hybridized carbons (Fsp3) is 0.529. The van der Waals surface area contributed by atoms with E-state index in [0.29, 0.717) is 23.9 Å². The topological polar surface area (TPSA) is 54.8 Å². The lowest BCUT2D eigenvalue weighted by Crippen LogP contribution is -2.42. The van der Waals surface area contributed by atoms with Crippen LogP contribution in [0.2, 0.25) is 0 Å². The number of likely N-dealkylation sites (tertiary alicyclic amines) is 1. The smallest absolute Gasteiger partial charge is 0.337 e. The molecule has 2 aromatic carbocycles. The fourth-order valence-electron chi connectivity index (χ4n) is 7.76. The van der Waals surface area contributed by atoms with Crippen molar-refractivity contribution >= 4 is 22.8 Å². The standard InChI is InChI=1S/C34H43N3O3/c1-35-17-9-10-23(20-35)21-36(2)33(38)27-18-25-13-7-8-14-28(25)32-31(24-11-5-4-6-12-24)29-16-15-26(34(39)40-3)19-30(29)37(32)22-27/h7-8,13-16,19,23-24,27H,4-6,9-12,17-18,20-22H2,1-3H3. The third-order valence-electron chi connectivity index (χ3n) is 9.66. The Kier molecular flexibility index (Phi) is 7.71. The quantitative estimate of drug-likeness (QED) is 0.366. The SMILES string of the molecule is COC(=O)c1ccc2c(C3CCCCC3)c3n(c2c1)CC(C(=O)N(C)CC1CCCN(C)C1)Cc1ccccc1-3. The molecule has 1 saturated heterocycles. The number of piperidine rings is 1. The Morgan fingerprint density at radius 3 is 2.58 bits per heavy atom. The summed E-state index contributed by atoms with van der Waals surface area (Å²) in [6.45, 7) is 3.62. The van der Waals surface area contributed by atoms with Crippen LogP contribution in [0.3, 0.4) is 0 Å². The maximum Gasteiger partial charge on any atom is 0.337 e. The molecule has 2 atom stereocenters. The zero-order chi connectivity index (χ0) is 27.8. The molecule has 6 heteroatoms. The van der Waals surface area contributed by atoms with Gasteiger partial charge in [0.25, 0.3) is 0 Å². The van der Waals surface area contributed by atoms with Crippen molar-refractivity contribution in [2.75, 3.05) is 40.8 Å². The average molecular weight is 542 g/mol. The van der Waals surface area contributed by atoms with Crippen LogP contribution in [0.15, 0.2) is 42.5 Å². The third kappa shape index (κ3) is 5.07. The van der Waals surface area contributed by atoms with Crippen LogP contribution in [-0.2, 0) is 22.5 Å². The van der Waals surface area contributed by atoms with Gasteiger partial charge in [-0.15, -0.1) is 0 Å². The Hall–Kier alpha value is -3.12. The van der Waals surface area contributed by atoms with Crippen molar-refractivity contribution in [3.8, 4) is 11.3 Å². The maximum absolute atomic E-state index is 14.1. The highest BCUT2D eigenvalue weighted by atomic mass is 16.5. The molecule has 3 aliphatic rings. The van der Waals surface area contributed by atoms with Crippen molar-refractivity contribution in [1.82, 2.24) is 14.4 Å². The summed E-state index contributed by atoms with van der Waals surface area (Å²) in [5.74, 6) is 0.749. The van der Waals surface area contributed by atoms with Gasteiger partial charge in [-0.3, -0.25) is 4.79 Å². The van der Waals surface area contributed by atoms with Crippen LogP contribution >= 0.6 is 0 Å². The predicted octanol–water partition coefficient (Wildman–Crippen LogP) is 6.12. The Bertz CT molecular complexity index is 1400. The molecule has 0 spiro atoms. The van der Waals surface area contributed by atoms with Crippen molar-refractivity contribution in [2.24, 2.45) is 11.8 Å². The summed E-state index contributed by atoms with van der Waals surface area (Å²) in [6.07, 6.45) is 9.29. The second-order valence-electron chi connectivity index (χ2n) is 12.5. The van der Waals surface area contributed by atoms with E-state index in [4.69, 9.17) is 4.74 Å². The fourth-order valence-corrected chi connectivity index (χ4v) is 7.76. The molecule has 3 aromatic rings. The Morgan fingerprint density at radius 1 is 1.00 bits per heavy atom. The van der Waals surface area contributed by atoms with Crippen LogP contribution in [0, 0.1) is 11.8 Å². The highest BCUT2D eigenvalue weighted by molar-refractivity contribution is 5.99. The minimum atomic E-state index is -0.324. The zero-order valence-electron chi connectivity index (χ0n) is 24.3. The van der Waals surface area contributed by atoms with E-state index >= 15 is 0 Å². The predicted molar refractivity (Wildman–Crippen MR) is 160 cm³/mol. The van der Waals surface area contributed by atoms with Crippen molar-refractivity contribution in [3.63, 3.8) is 0 Å². The molecule has 1 amide bonds. The van der Waals surface area contributed by atoms with Crippen LogP contribution in [-0.4, -0.2) is 67.1 Å². The second-order valence-corrected chi connectivity index (χ2v) is 12.5. The molecule has 1 aromatic heterocycles. The minimum Gasteiger partial charge on any atom is -0.465 e. The highest BCUT2D eigenvalue weighted by Crippen LogP contribution is 2.46. The van der Waals surface area contributed by atoms with E-state index in [1.165, 1.54) is 79.8 Å². The van der Waals surface area contributed by atoms with Gasteiger partial charge in [-0.1, -0.05) is 49.6 Å². The number of aromatic nitrogens is 1. The number of rotatable bonds is 5. The zero-order valence-corrected chi connectivity index (χ0v) is 24.3. The molecule has 40 heavy (non-hydrogen) atoms. The number of fused-ring (bicyclic) bond motifs is 5. The lowest BCUT2D eigenvalue weighted by atomic mass is 9.81. The first kappa shape index (κ1) is 27.1. The molecular weight excluding hydrogens is 498 g/mol. The summed E-state index contributed by atoms with van der Waals surface area (Å²) in [6, 6.07) is 14.7. The van der Waals surface area contributed by atoms with E-state index < -0.39 is 0 Å². The third-order valence-corrected chi connectivity index (χ3v) is 9.66. The number of amides is 1. The van der Waals surface area contributed by atoms with E-state index in [9.17, 15) is 9.59 Å². The number of hydrogen-bond acceptors (Lipinski definition) is 4. The number of methoxy groups -OCH3 is 1. The minimum absolute atomic E-state index is 0.162. The molecule has 6 nitrogen and oxygen atoms in total. The van der Waals surface area contributed by atoms with Gasteiger partial charge in [0.1, 0.15) is 0 Å². The van der Waals surface area contributed by atoms with E-state index in [1.807, 2.05) is 24.1 Å². The average Bonchev–Trinajstić information content (AvgIpc) is 3.19. The number of ether oxygens (including phenoxy) is 1. The molecule has 0 N–H and O–H groups in total. The van der Waals surface area contributed by atoms with Crippen molar-refractivity contribution in [3.05, 3.63) is 59.2 Å². The number of hydrogen-bond donors (Lipinski definition) is 0. The van der Waals surface area contributed by atoms with Gasteiger partial charge in [0, 0.05) is 43.1 Å². The Morgan fingerprint density at radius 2 is 1.80 bits per heavy atom. The summed E-state index contributed by atoms with van der Waals surface area (Å²) >= 11 is 0. The lowest BCUT2D eigenvalue weighted by Gasteiger charge is -2.33. The van der Waals surface area contributed by atoms with Crippen LogP contribution < -0.4 is 0 Å². The molecule has 0 bridgehead atoms. The van der Waals surface area contributed by atoms with E-state index in [1.54, 1.807) is 0 Å². The van der Waals surface area contributed by atoms with Crippen molar-refractivity contribution in [2.45, 2.75) is 63.8 Å². The molecule has 1 aliphatic carbocycles. The van der Waals surface area contributed by atoms with Crippen LogP contribution in [0.25, 0.3) is 22.2 Å². The Balaban J connectivity index is 1.45. The van der Waals surface area contributed by atoms with Gasteiger partial charge in [-0.2, -0.15) is 0 Å². The summed E-state index contributed by atoms with van der Waals surface area (Å²) in [5, 5.41) is 1.22. The van der Waals surface area contributed by atoms with E-state index in [-0.39, 0.29) is 17.8 Å². The molecule has 6 rings (SSSR count).